The number of hydrogen-bond acceptors (Lipinski definition) is 6. The molecular weight excluding hydrogens is 665 g/mol. The topological polar surface area (TPSA) is 164 Å². The molecule has 5 aromatic carbocycles. The van der Waals surface area contributed by atoms with Gasteiger partial charge >= 0.3 is 11.9 Å². The summed E-state index contributed by atoms with van der Waals surface area (Å²) in [5, 5.41) is 21.0. The molecule has 49 heavy (non-hydrogen) atoms. The van der Waals surface area contributed by atoms with Crippen LogP contribution in [-0.4, -0.2) is 47.9 Å². The maximum Gasteiger partial charge on any atom is 0.336 e. The molecule has 0 atom stereocenters. The summed E-state index contributed by atoms with van der Waals surface area (Å²) in [4.78, 5) is 26.9. The van der Waals surface area contributed by atoms with Crippen molar-refractivity contribution in [3.63, 3.8) is 0 Å². The Hall–Kier alpha value is -5.98. The molecule has 0 aliphatic rings. The summed E-state index contributed by atoms with van der Waals surface area (Å²) in [5.41, 5.74) is 1.10. The number of aromatic nitrogens is 2. The number of sulfone groups is 1. The maximum atomic E-state index is 13.6. The van der Waals surface area contributed by atoms with Gasteiger partial charge in [-0.1, -0.05) is 78.9 Å². The van der Waals surface area contributed by atoms with Crippen LogP contribution in [0.1, 0.15) is 26.3 Å². The van der Waals surface area contributed by atoms with Gasteiger partial charge in [0.05, 0.1) is 32.1 Å². The minimum absolute atomic E-state index is 0.0476. The third-order valence-electron chi connectivity index (χ3n) is 7.98. The fourth-order valence-electron chi connectivity index (χ4n) is 5.62. The summed E-state index contributed by atoms with van der Waals surface area (Å²) in [6.45, 7) is 1.40. The lowest BCUT2D eigenvalue weighted by Gasteiger charge is -2.15. The quantitative estimate of drug-likeness (QED) is 0.157. The predicted octanol–water partition coefficient (Wildman–Crippen LogP) is 7.25. The van der Waals surface area contributed by atoms with Crippen molar-refractivity contribution in [2.75, 3.05) is 0 Å². The number of carboxylic acid groups (broad SMARTS) is 2. The average molecular weight is 693 g/mol. The zero-order chi connectivity index (χ0) is 34.9. The van der Waals surface area contributed by atoms with E-state index in [9.17, 15) is 36.6 Å². The summed E-state index contributed by atoms with van der Waals surface area (Å²) < 4.78 is 53.0. The van der Waals surface area contributed by atoms with Gasteiger partial charge in [-0.05, 0) is 67.1 Å². The summed E-state index contributed by atoms with van der Waals surface area (Å²) in [6.07, 6.45) is 0. The molecule has 0 aliphatic carbocycles. The van der Waals surface area contributed by atoms with Gasteiger partial charge in [-0.25, -0.2) is 30.4 Å². The van der Waals surface area contributed by atoms with Crippen molar-refractivity contribution in [1.82, 2.24) is 8.96 Å². The van der Waals surface area contributed by atoms with Gasteiger partial charge in [0.2, 0.25) is 9.84 Å². The van der Waals surface area contributed by atoms with Gasteiger partial charge in [0.15, 0.2) is 0 Å². The Morgan fingerprint density at radius 2 is 1.20 bits per heavy atom. The highest BCUT2D eigenvalue weighted by molar-refractivity contribution is 7.91. The third-order valence-corrected chi connectivity index (χ3v) is 11.4. The van der Waals surface area contributed by atoms with Crippen LogP contribution in [0.15, 0.2) is 148 Å². The molecule has 12 heteroatoms. The van der Waals surface area contributed by atoms with Crippen molar-refractivity contribution < 1.29 is 36.6 Å². The van der Waals surface area contributed by atoms with Crippen LogP contribution in [0.2, 0.25) is 0 Å². The number of nitrogens with zero attached hydrogens (tertiary/aromatic N) is 1. The zero-order valence-electron chi connectivity index (χ0n) is 25.8. The van der Waals surface area contributed by atoms with E-state index in [1.54, 1.807) is 84.9 Å². The molecule has 0 unspecified atom stereocenters. The normalized spacial score (nSPS) is 11.6. The molecule has 0 saturated carbocycles. The van der Waals surface area contributed by atoms with Gasteiger partial charge in [-0.2, -0.15) is 0 Å². The molecule has 7 aromatic rings. The summed E-state index contributed by atoms with van der Waals surface area (Å²) in [7, 11) is -7.53. The second kappa shape index (κ2) is 12.9. The Bertz CT molecular complexity index is 2560. The monoisotopic (exact) mass is 692 g/mol. The van der Waals surface area contributed by atoms with Gasteiger partial charge < -0.3 is 15.2 Å². The molecule has 3 N–H and O–H groups in total. The number of para-hydroxylation sites is 2. The molecule has 0 radical (unpaired) electrons. The van der Waals surface area contributed by atoms with Crippen molar-refractivity contribution in [3.8, 4) is 11.3 Å². The first-order valence-corrected chi connectivity index (χ1v) is 17.7. The van der Waals surface area contributed by atoms with E-state index in [0.717, 1.165) is 14.9 Å². The Morgan fingerprint density at radius 3 is 1.82 bits per heavy atom. The highest BCUT2D eigenvalue weighted by atomic mass is 32.2. The number of aromatic carboxylic acids is 2. The van der Waals surface area contributed by atoms with E-state index in [1.165, 1.54) is 31.2 Å². The summed E-state index contributed by atoms with van der Waals surface area (Å²) in [6, 6.07) is 36.5. The van der Waals surface area contributed by atoms with E-state index in [1.807, 2.05) is 24.3 Å². The van der Waals surface area contributed by atoms with E-state index in [0.29, 0.717) is 15.8 Å². The number of H-pyrrole nitrogens is 1. The number of benzene rings is 5. The highest BCUT2D eigenvalue weighted by Gasteiger charge is 2.28. The molecule has 2 aromatic heterocycles. The molecule has 10 nitrogen and oxygen atoms in total. The van der Waals surface area contributed by atoms with Gasteiger partial charge in [0, 0.05) is 21.9 Å². The number of fused-ring (bicyclic) bond motifs is 2. The summed E-state index contributed by atoms with van der Waals surface area (Å²) >= 11 is 0. The van der Waals surface area contributed by atoms with E-state index in [4.69, 9.17) is 0 Å². The minimum Gasteiger partial charge on any atom is -0.478 e. The first kappa shape index (κ1) is 32.9. The predicted molar refractivity (Wildman–Crippen MR) is 185 cm³/mol. The van der Waals surface area contributed by atoms with Gasteiger partial charge in [0.1, 0.15) is 5.03 Å². The number of aromatic amines is 1. The molecule has 0 bridgehead atoms. The van der Waals surface area contributed by atoms with Crippen LogP contribution >= 0.6 is 0 Å². The minimum atomic E-state index is -4.08. The highest BCUT2D eigenvalue weighted by Crippen LogP contribution is 2.36. The fraction of sp³-hybridized carbons (Fsp3) is 0.0270. The van der Waals surface area contributed by atoms with E-state index in [2.05, 4.69) is 4.98 Å². The molecular formula is C37H28N2O8S2. The Balaban J connectivity index is 0.000000195. The largest absolute Gasteiger partial charge is 0.478 e. The van der Waals surface area contributed by atoms with Gasteiger partial charge in [0.25, 0.3) is 10.0 Å². The standard InChI is InChI=1S/C23H17NO6S.C14H11NO2S/c1-14-17(22(25)26)11-12-18(21(14)23(27)28)20-13-15-7-5-6-10-19(15)24(20)31(29,30)16-8-3-2-4-9-16;16-18(17,12-7-2-1-3-8-12)14-10-11-6-4-5-9-13(11)15-14/h2-13H,1H3,(H,25,26)(H,27,28);1-10,15H. The van der Waals surface area contributed by atoms with Crippen LogP contribution < -0.4 is 0 Å². The SMILES string of the molecule is Cc1c(C(=O)O)ccc(-c2cc3ccccc3n2S(=O)(=O)c2ccccc2)c1C(=O)O.O=S(=O)(c1ccccc1)c1cc2ccccc2[nH]1. The smallest absolute Gasteiger partial charge is 0.336 e. The molecule has 0 aliphatic heterocycles. The van der Waals surface area contributed by atoms with Crippen LogP contribution in [0.25, 0.3) is 33.1 Å². The zero-order valence-corrected chi connectivity index (χ0v) is 27.4. The van der Waals surface area contributed by atoms with E-state index >= 15 is 0 Å². The molecule has 2 heterocycles. The molecule has 0 saturated heterocycles. The molecule has 0 spiro atoms. The second-order valence-electron chi connectivity index (χ2n) is 11.0. The second-order valence-corrected chi connectivity index (χ2v) is 14.7. The molecule has 0 amide bonds. The van der Waals surface area contributed by atoms with Crippen molar-refractivity contribution >= 4 is 53.6 Å². The number of rotatable bonds is 7. The van der Waals surface area contributed by atoms with Crippen LogP contribution in [0.5, 0.6) is 0 Å². The van der Waals surface area contributed by atoms with E-state index in [-0.39, 0.29) is 37.9 Å². The average Bonchev–Trinajstić information content (AvgIpc) is 3.72. The van der Waals surface area contributed by atoms with E-state index < -0.39 is 31.8 Å². The number of carboxylic acids is 2. The number of carbonyl (C=O) groups is 2. The Labute approximate surface area is 281 Å². The fourth-order valence-corrected chi connectivity index (χ4v) is 8.47. The van der Waals surface area contributed by atoms with Crippen molar-refractivity contribution in [2.45, 2.75) is 21.7 Å². The maximum absolute atomic E-state index is 13.6. The first-order valence-electron chi connectivity index (χ1n) is 14.8. The van der Waals surface area contributed by atoms with Gasteiger partial charge in [-0.15, -0.1) is 0 Å². The van der Waals surface area contributed by atoms with Gasteiger partial charge in [-0.3, -0.25) is 0 Å². The Morgan fingerprint density at radius 1 is 0.633 bits per heavy atom. The molecule has 7 rings (SSSR count). The molecule has 246 valence electrons. The summed E-state index contributed by atoms with van der Waals surface area (Å²) in [5.74, 6) is -2.60. The number of nitrogens with one attached hydrogen (secondary N) is 1. The molecule has 0 fully saturated rings. The van der Waals surface area contributed by atoms with Crippen LogP contribution in [0, 0.1) is 6.92 Å². The number of hydrogen-bond donors (Lipinski definition) is 3. The van der Waals surface area contributed by atoms with Crippen LogP contribution in [-0.2, 0) is 19.9 Å². The van der Waals surface area contributed by atoms with Crippen LogP contribution in [0.4, 0.5) is 0 Å². The lowest BCUT2D eigenvalue weighted by Crippen LogP contribution is -2.16. The van der Waals surface area contributed by atoms with Crippen LogP contribution in [0.3, 0.4) is 0 Å². The first-order chi connectivity index (χ1) is 23.4. The van der Waals surface area contributed by atoms with Crippen molar-refractivity contribution in [1.29, 1.82) is 0 Å². The van der Waals surface area contributed by atoms with Crippen molar-refractivity contribution in [2.24, 2.45) is 0 Å². The lowest BCUT2D eigenvalue weighted by molar-refractivity contribution is 0.0696. The van der Waals surface area contributed by atoms with Crippen molar-refractivity contribution in [3.05, 3.63) is 150 Å². The Kier molecular flexibility index (Phi) is 8.68. The lowest BCUT2D eigenvalue weighted by atomic mass is 9.95. The third kappa shape index (κ3) is 6.10.